The van der Waals surface area contributed by atoms with Gasteiger partial charge in [0.05, 0.1) is 23.4 Å². The Morgan fingerprint density at radius 1 is 1.20 bits per heavy atom. The van der Waals surface area contributed by atoms with E-state index < -0.39 is 12.0 Å². The molecule has 1 aliphatic heterocycles. The molecule has 6 heteroatoms. The first-order chi connectivity index (χ1) is 12.2. The Hall–Kier alpha value is -3.07. The van der Waals surface area contributed by atoms with Gasteiger partial charge in [0.1, 0.15) is 5.92 Å². The van der Waals surface area contributed by atoms with Gasteiger partial charge in [-0.1, -0.05) is 6.07 Å². The molecular formula is C19H18N4O2. The summed E-state index contributed by atoms with van der Waals surface area (Å²) in [5, 5.41) is 9.50. The Kier molecular flexibility index (Phi) is 5.14. The average Bonchev–Trinajstić information content (AvgIpc) is 2.69. The molecule has 25 heavy (non-hydrogen) atoms. The fourth-order valence-electron chi connectivity index (χ4n) is 3.14. The molecule has 2 aromatic heterocycles. The van der Waals surface area contributed by atoms with Crippen LogP contribution in [0.2, 0.25) is 0 Å². The molecule has 1 fully saturated rings. The SMILES string of the molecule is N#C[C@@H](C(=O)[C@H]1CCCCN1C(=O)c1cccnc1)c1ccccn1. The molecule has 0 N–H and O–H groups in total. The van der Waals surface area contributed by atoms with Crippen LogP contribution in [0.1, 0.15) is 41.2 Å². The highest BCUT2D eigenvalue weighted by atomic mass is 16.2. The predicted octanol–water partition coefficient (Wildman–Crippen LogP) is 2.35. The molecule has 0 bridgehead atoms. The van der Waals surface area contributed by atoms with Crippen molar-refractivity contribution < 1.29 is 9.59 Å². The fourth-order valence-corrected chi connectivity index (χ4v) is 3.14. The van der Waals surface area contributed by atoms with Crippen molar-refractivity contribution in [2.24, 2.45) is 0 Å². The first-order valence-electron chi connectivity index (χ1n) is 8.27. The molecule has 0 saturated carbocycles. The van der Waals surface area contributed by atoms with E-state index in [4.69, 9.17) is 0 Å². The van der Waals surface area contributed by atoms with Gasteiger partial charge in [-0.3, -0.25) is 19.6 Å². The molecule has 0 radical (unpaired) electrons. The predicted molar refractivity (Wildman–Crippen MR) is 90.5 cm³/mol. The maximum atomic E-state index is 13.0. The number of nitrogens with zero attached hydrogens (tertiary/aromatic N) is 4. The standard InChI is InChI=1S/C19H18N4O2/c20-12-15(16-7-1-3-10-22-16)18(24)17-8-2-4-11-23(17)19(25)14-6-5-9-21-13-14/h1,3,5-7,9-10,13,15,17H,2,4,8,11H2/t15-,17-/m1/s1. The number of hydrogen-bond donors (Lipinski definition) is 0. The summed E-state index contributed by atoms with van der Waals surface area (Å²) in [6.45, 7) is 0.504. The van der Waals surface area contributed by atoms with Crippen LogP contribution in [-0.2, 0) is 4.79 Å². The molecule has 1 amide bonds. The van der Waals surface area contributed by atoms with E-state index in [1.54, 1.807) is 47.6 Å². The number of piperidine rings is 1. The second-order valence-corrected chi connectivity index (χ2v) is 5.97. The van der Waals surface area contributed by atoms with Crippen LogP contribution in [0.25, 0.3) is 0 Å². The van der Waals surface area contributed by atoms with Gasteiger partial charge in [0.15, 0.2) is 5.78 Å². The van der Waals surface area contributed by atoms with Crippen LogP contribution in [0.4, 0.5) is 0 Å². The van der Waals surface area contributed by atoms with E-state index in [1.807, 2.05) is 0 Å². The van der Waals surface area contributed by atoms with Crippen LogP contribution in [0, 0.1) is 11.3 Å². The van der Waals surface area contributed by atoms with Gasteiger partial charge in [0.2, 0.25) is 0 Å². The van der Waals surface area contributed by atoms with Crippen LogP contribution in [0.15, 0.2) is 48.9 Å². The summed E-state index contributed by atoms with van der Waals surface area (Å²) < 4.78 is 0. The molecule has 3 heterocycles. The van der Waals surface area contributed by atoms with Gasteiger partial charge in [-0.2, -0.15) is 5.26 Å². The summed E-state index contributed by atoms with van der Waals surface area (Å²) in [6, 6.07) is 9.98. The third kappa shape index (κ3) is 3.56. The first kappa shape index (κ1) is 16.8. The number of likely N-dealkylation sites (tertiary alicyclic amines) is 1. The highest BCUT2D eigenvalue weighted by molar-refractivity contribution is 6.00. The number of amides is 1. The van der Waals surface area contributed by atoms with Crippen LogP contribution < -0.4 is 0 Å². The van der Waals surface area contributed by atoms with Gasteiger partial charge < -0.3 is 4.90 Å². The number of Topliss-reactive ketones (excluding diaryl/α,β-unsaturated/α-hetero) is 1. The molecular weight excluding hydrogens is 316 g/mol. The zero-order chi connectivity index (χ0) is 17.6. The van der Waals surface area contributed by atoms with E-state index in [9.17, 15) is 14.9 Å². The highest BCUT2D eigenvalue weighted by Crippen LogP contribution is 2.25. The van der Waals surface area contributed by atoms with Crippen LogP contribution in [0.5, 0.6) is 0 Å². The van der Waals surface area contributed by atoms with Crippen molar-refractivity contribution in [3.63, 3.8) is 0 Å². The van der Waals surface area contributed by atoms with Crippen molar-refractivity contribution in [1.29, 1.82) is 5.26 Å². The summed E-state index contributed by atoms with van der Waals surface area (Å²) in [6.07, 6.45) is 6.92. The third-order valence-electron chi connectivity index (χ3n) is 4.40. The maximum Gasteiger partial charge on any atom is 0.256 e. The highest BCUT2D eigenvalue weighted by Gasteiger charge is 2.37. The Morgan fingerprint density at radius 2 is 2.08 bits per heavy atom. The molecule has 0 spiro atoms. The normalized spacial score (nSPS) is 18.2. The minimum atomic E-state index is -0.964. The minimum absolute atomic E-state index is 0.219. The quantitative estimate of drug-likeness (QED) is 0.856. The van der Waals surface area contributed by atoms with Crippen molar-refractivity contribution in [3.8, 4) is 6.07 Å². The number of carbonyl (C=O) groups excluding carboxylic acids is 2. The zero-order valence-electron chi connectivity index (χ0n) is 13.7. The second kappa shape index (κ2) is 7.67. The summed E-state index contributed by atoms with van der Waals surface area (Å²) in [4.78, 5) is 35.5. The van der Waals surface area contributed by atoms with Crippen LogP contribution in [0.3, 0.4) is 0 Å². The Labute approximate surface area is 146 Å². The fraction of sp³-hybridized carbons (Fsp3) is 0.316. The molecule has 1 saturated heterocycles. The smallest absolute Gasteiger partial charge is 0.256 e. The van der Waals surface area contributed by atoms with Gasteiger partial charge in [0.25, 0.3) is 5.91 Å². The maximum absolute atomic E-state index is 13.0. The van der Waals surface area contributed by atoms with Crippen molar-refractivity contribution in [3.05, 3.63) is 60.2 Å². The summed E-state index contributed by atoms with van der Waals surface area (Å²) in [5.41, 5.74) is 0.878. The van der Waals surface area contributed by atoms with E-state index in [-0.39, 0.29) is 11.7 Å². The monoisotopic (exact) mass is 334 g/mol. The van der Waals surface area contributed by atoms with Crippen molar-refractivity contribution in [1.82, 2.24) is 14.9 Å². The van der Waals surface area contributed by atoms with Gasteiger partial charge in [-0.15, -0.1) is 0 Å². The van der Waals surface area contributed by atoms with E-state index >= 15 is 0 Å². The second-order valence-electron chi connectivity index (χ2n) is 5.97. The molecule has 0 aliphatic carbocycles. The third-order valence-corrected chi connectivity index (χ3v) is 4.40. The molecule has 3 rings (SSSR count). The van der Waals surface area contributed by atoms with Gasteiger partial charge >= 0.3 is 0 Å². The lowest BCUT2D eigenvalue weighted by Gasteiger charge is -2.35. The number of pyridine rings is 2. The minimum Gasteiger partial charge on any atom is -0.328 e. The molecule has 0 aromatic carbocycles. The Morgan fingerprint density at radius 3 is 2.76 bits per heavy atom. The number of rotatable bonds is 4. The first-order valence-corrected chi connectivity index (χ1v) is 8.27. The van der Waals surface area contributed by atoms with Crippen LogP contribution >= 0.6 is 0 Å². The van der Waals surface area contributed by atoms with Gasteiger partial charge in [-0.05, 0) is 43.5 Å². The zero-order valence-corrected chi connectivity index (χ0v) is 13.7. The van der Waals surface area contributed by atoms with Crippen molar-refractivity contribution in [2.75, 3.05) is 6.54 Å². The van der Waals surface area contributed by atoms with Gasteiger partial charge in [0, 0.05) is 25.1 Å². The molecule has 6 nitrogen and oxygen atoms in total. The summed E-state index contributed by atoms with van der Waals surface area (Å²) in [7, 11) is 0. The molecule has 2 atom stereocenters. The number of ketones is 1. The number of carbonyl (C=O) groups is 2. The number of nitriles is 1. The van der Waals surface area contributed by atoms with Crippen LogP contribution in [-0.4, -0.2) is 39.1 Å². The lowest BCUT2D eigenvalue weighted by Crippen LogP contribution is -2.49. The van der Waals surface area contributed by atoms with E-state index in [2.05, 4.69) is 16.0 Å². The number of hydrogen-bond acceptors (Lipinski definition) is 5. The molecule has 1 aliphatic rings. The van der Waals surface area contributed by atoms with Crippen molar-refractivity contribution >= 4 is 11.7 Å². The average molecular weight is 334 g/mol. The van der Waals surface area contributed by atoms with Gasteiger partial charge in [-0.25, -0.2) is 0 Å². The molecule has 126 valence electrons. The largest absolute Gasteiger partial charge is 0.328 e. The van der Waals surface area contributed by atoms with E-state index in [1.165, 1.54) is 6.20 Å². The van der Waals surface area contributed by atoms with E-state index in [0.717, 1.165) is 12.8 Å². The van der Waals surface area contributed by atoms with Crippen molar-refractivity contribution in [2.45, 2.75) is 31.2 Å². The molecule has 2 aromatic rings. The number of aromatic nitrogens is 2. The Balaban J connectivity index is 1.86. The van der Waals surface area contributed by atoms with E-state index in [0.29, 0.717) is 24.2 Å². The lowest BCUT2D eigenvalue weighted by molar-refractivity contribution is -0.124. The Bertz CT molecular complexity index is 786. The summed E-state index contributed by atoms with van der Waals surface area (Å²) in [5.74, 6) is -1.45. The lowest BCUT2D eigenvalue weighted by atomic mass is 9.89. The topological polar surface area (TPSA) is 87.0 Å². The molecule has 0 unspecified atom stereocenters. The summed E-state index contributed by atoms with van der Waals surface area (Å²) >= 11 is 0.